The fraction of sp³-hybridized carbons (Fsp3) is 0.467. The second kappa shape index (κ2) is 7.94. The molecular weight excluding hydrogens is 274 g/mol. The van der Waals surface area contributed by atoms with Gasteiger partial charge in [0.25, 0.3) is 5.91 Å². The zero-order valence-electron chi connectivity index (χ0n) is 12.4. The summed E-state index contributed by atoms with van der Waals surface area (Å²) in [5, 5.41) is 0. The number of hydrogen-bond donors (Lipinski definition) is 0. The molecule has 0 aliphatic heterocycles. The van der Waals surface area contributed by atoms with E-state index in [1.165, 1.54) is 7.11 Å². The van der Waals surface area contributed by atoms with Crippen LogP contribution < -0.4 is 0 Å². The molecule has 1 atom stereocenters. The van der Waals surface area contributed by atoms with E-state index in [0.717, 1.165) is 11.3 Å². The minimum absolute atomic E-state index is 0.0799. The second-order valence-corrected chi connectivity index (χ2v) is 5.61. The van der Waals surface area contributed by atoms with Crippen LogP contribution in [0, 0.1) is 5.92 Å². The number of carbonyl (C=O) groups is 2. The monoisotopic (exact) mass is 295 g/mol. The van der Waals surface area contributed by atoms with Gasteiger partial charge in [-0.05, 0) is 24.0 Å². The largest absolute Gasteiger partial charge is 0.469 e. The fourth-order valence-electron chi connectivity index (χ4n) is 1.95. The predicted octanol–water partition coefficient (Wildman–Crippen LogP) is 2.43. The van der Waals surface area contributed by atoms with E-state index in [4.69, 9.17) is 0 Å². The van der Waals surface area contributed by atoms with Gasteiger partial charge in [0.15, 0.2) is 0 Å². The molecule has 0 spiro atoms. The highest BCUT2D eigenvalue weighted by molar-refractivity contribution is 7.97. The summed E-state index contributed by atoms with van der Waals surface area (Å²) in [7, 11) is 3.05. The predicted molar refractivity (Wildman–Crippen MR) is 81.8 cm³/mol. The van der Waals surface area contributed by atoms with Crippen LogP contribution in [0.15, 0.2) is 24.3 Å². The summed E-state index contributed by atoms with van der Waals surface area (Å²) in [6.45, 7) is 2.10. The number of nitrogens with zero attached hydrogens (tertiary/aromatic N) is 1. The Morgan fingerprint density at radius 3 is 2.70 bits per heavy atom. The van der Waals surface area contributed by atoms with Crippen LogP contribution in [0.25, 0.3) is 0 Å². The van der Waals surface area contributed by atoms with E-state index in [1.807, 2.05) is 24.5 Å². The summed E-state index contributed by atoms with van der Waals surface area (Å²) < 4.78 is 4.67. The van der Waals surface area contributed by atoms with Crippen LogP contribution in [-0.2, 0) is 15.3 Å². The number of benzene rings is 1. The quantitative estimate of drug-likeness (QED) is 0.756. The van der Waals surface area contributed by atoms with Crippen molar-refractivity contribution in [3.63, 3.8) is 0 Å². The number of carbonyl (C=O) groups excluding carboxylic acids is 2. The Balaban J connectivity index is 2.73. The number of hydrogen-bond acceptors (Lipinski definition) is 4. The van der Waals surface area contributed by atoms with Gasteiger partial charge in [-0.1, -0.05) is 19.1 Å². The third-order valence-electron chi connectivity index (χ3n) is 2.98. The molecule has 1 unspecified atom stereocenters. The van der Waals surface area contributed by atoms with Crippen molar-refractivity contribution in [1.82, 2.24) is 4.90 Å². The molecule has 0 saturated heterocycles. The first kappa shape index (κ1) is 16.6. The summed E-state index contributed by atoms with van der Waals surface area (Å²) in [6, 6.07) is 7.59. The number of amides is 1. The Morgan fingerprint density at radius 1 is 1.40 bits per heavy atom. The highest BCUT2D eigenvalue weighted by Crippen LogP contribution is 2.13. The normalized spacial score (nSPS) is 11.8. The molecule has 0 bridgehead atoms. The van der Waals surface area contributed by atoms with Gasteiger partial charge < -0.3 is 9.64 Å². The molecule has 0 N–H and O–H groups in total. The molecule has 0 heterocycles. The van der Waals surface area contributed by atoms with E-state index in [2.05, 4.69) is 4.74 Å². The van der Waals surface area contributed by atoms with E-state index in [9.17, 15) is 9.59 Å². The maximum Gasteiger partial charge on any atom is 0.310 e. The molecule has 0 aromatic heterocycles. The van der Waals surface area contributed by atoms with Crippen molar-refractivity contribution in [2.45, 2.75) is 12.7 Å². The Morgan fingerprint density at radius 2 is 2.10 bits per heavy atom. The van der Waals surface area contributed by atoms with Gasteiger partial charge in [0.2, 0.25) is 0 Å². The van der Waals surface area contributed by atoms with Gasteiger partial charge in [-0.25, -0.2) is 0 Å². The van der Waals surface area contributed by atoms with Gasteiger partial charge in [0, 0.05) is 24.9 Å². The maximum absolute atomic E-state index is 12.3. The van der Waals surface area contributed by atoms with Gasteiger partial charge in [-0.15, -0.1) is 0 Å². The van der Waals surface area contributed by atoms with Crippen molar-refractivity contribution in [2.75, 3.05) is 27.0 Å². The summed E-state index contributed by atoms with van der Waals surface area (Å²) in [4.78, 5) is 25.3. The van der Waals surface area contributed by atoms with Crippen LogP contribution >= 0.6 is 11.8 Å². The fourth-order valence-corrected chi connectivity index (χ4v) is 2.46. The van der Waals surface area contributed by atoms with Crippen LogP contribution in [0.4, 0.5) is 0 Å². The van der Waals surface area contributed by atoms with Gasteiger partial charge in [-0.3, -0.25) is 9.59 Å². The van der Waals surface area contributed by atoms with E-state index in [0.29, 0.717) is 12.1 Å². The van der Waals surface area contributed by atoms with E-state index in [-0.39, 0.29) is 17.8 Å². The Bertz CT molecular complexity index is 476. The lowest BCUT2D eigenvalue weighted by Crippen LogP contribution is -2.34. The average molecular weight is 295 g/mol. The standard InChI is InChI=1S/C15H21NO3S/c1-11(15(18)19-3)9-16(2)14(17)13-7-5-6-12(8-13)10-20-4/h5-8,11H,9-10H2,1-4H3. The zero-order chi connectivity index (χ0) is 15.1. The van der Waals surface area contributed by atoms with Gasteiger partial charge in [0.05, 0.1) is 13.0 Å². The molecule has 4 nitrogen and oxygen atoms in total. The molecule has 20 heavy (non-hydrogen) atoms. The molecule has 0 aliphatic rings. The minimum Gasteiger partial charge on any atom is -0.469 e. The SMILES string of the molecule is COC(=O)C(C)CN(C)C(=O)c1cccc(CSC)c1. The highest BCUT2D eigenvalue weighted by atomic mass is 32.2. The number of rotatable bonds is 6. The first-order valence-electron chi connectivity index (χ1n) is 6.40. The Hall–Kier alpha value is -1.49. The molecular formula is C15H21NO3S. The molecule has 110 valence electrons. The summed E-state index contributed by atoms with van der Waals surface area (Å²) in [5.74, 6) is 0.163. The molecule has 1 aromatic rings. The van der Waals surface area contributed by atoms with Crippen molar-refractivity contribution < 1.29 is 14.3 Å². The van der Waals surface area contributed by atoms with Gasteiger partial charge in [0.1, 0.15) is 0 Å². The molecule has 1 aromatic carbocycles. The van der Waals surface area contributed by atoms with Crippen molar-refractivity contribution in [3.8, 4) is 0 Å². The van der Waals surface area contributed by atoms with Crippen molar-refractivity contribution >= 4 is 23.6 Å². The molecule has 1 rings (SSSR count). The molecule has 0 aliphatic carbocycles. The summed E-state index contributed by atoms with van der Waals surface area (Å²) in [5.41, 5.74) is 1.77. The number of ether oxygens (including phenoxy) is 1. The van der Waals surface area contributed by atoms with Crippen LogP contribution in [0.2, 0.25) is 0 Å². The lowest BCUT2D eigenvalue weighted by atomic mass is 10.1. The van der Waals surface area contributed by atoms with E-state index < -0.39 is 0 Å². The van der Waals surface area contributed by atoms with E-state index >= 15 is 0 Å². The van der Waals surface area contributed by atoms with E-state index in [1.54, 1.807) is 36.7 Å². The smallest absolute Gasteiger partial charge is 0.310 e. The summed E-state index contributed by atoms with van der Waals surface area (Å²) in [6.07, 6.45) is 2.03. The minimum atomic E-state index is -0.330. The number of methoxy groups -OCH3 is 1. The third kappa shape index (κ3) is 4.56. The molecule has 1 amide bonds. The lowest BCUT2D eigenvalue weighted by molar-refractivity contribution is -0.145. The van der Waals surface area contributed by atoms with Crippen molar-refractivity contribution in [1.29, 1.82) is 0 Å². The van der Waals surface area contributed by atoms with Crippen molar-refractivity contribution in [2.24, 2.45) is 5.92 Å². The first-order chi connectivity index (χ1) is 9.49. The third-order valence-corrected chi connectivity index (χ3v) is 3.60. The van der Waals surface area contributed by atoms with Crippen LogP contribution in [-0.4, -0.2) is 43.7 Å². The summed E-state index contributed by atoms with van der Waals surface area (Å²) >= 11 is 1.71. The van der Waals surface area contributed by atoms with Crippen molar-refractivity contribution in [3.05, 3.63) is 35.4 Å². The van der Waals surface area contributed by atoms with Crippen LogP contribution in [0.1, 0.15) is 22.8 Å². The second-order valence-electron chi connectivity index (χ2n) is 4.74. The molecule has 0 radical (unpaired) electrons. The maximum atomic E-state index is 12.3. The van der Waals surface area contributed by atoms with Crippen LogP contribution in [0.3, 0.4) is 0 Å². The average Bonchev–Trinajstić information content (AvgIpc) is 2.46. The van der Waals surface area contributed by atoms with Gasteiger partial charge >= 0.3 is 5.97 Å². The Kier molecular flexibility index (Phi) is 6.58. The van der Waals surface area contributed by atoms with Crippen LogP contribution in [0.5, 0.6) is 0 Å². The lowest BCUT2D eigenvalue weighted by Gasteiger charge is -2.20. The number of thioether (sulfide) groups is 1. The first-order valence-corrected chi connectivity index (χ1v) is 7.80. The molecule has 0 fully saturated rings. The van der Waals surface area contributed by atoms with Gasteiger partial charge in [-0.2, -0.15) is 11.8 Å². The Labute approximate surface area is 124 Å². The number of esters is 1. The molecule has 0 saturated carbocycles. The topological polar surface area (TPSA) is 46.6 Å². The molecule has 5 heteroatoms. The highest BCUT2D eigenvalue weighted by Gasteiger charge is 2.19. The zero-order valence-corrected chi connectivity index (χ0v) is 13.2.